The normalized spacial score (nSPS) is 15.1. The molecule has 3 heterocycles. The fourth-order valence-electron chi connectivity index (χ4n) is 3.77. The van der Waals surface area contributed by atoms with E-state index in [-0.39, 0.29) is 5.91 Å². The zero-order valence-corrected chi connectivity index (χ0v) is 17.9. The van der Waals surface area contributed by atoms with Crippen LogP contribution in [-0.2, 0) is 4.79 Å². The third-order valence-corrected chi connectivity index (χ3v) is 5.47. The minimum Gasteiger partial charge on any atom is -0.328 e. The van der Waals surface area contributed by atoms with Gasteiger partial charge in [0, 0.05) is 34.4 Å². The van der Waals surface area contributed by atoms with Crippen molar-refractivity contribution in [1.82, 2.24) is 19.7 Å². The molecule has 0 radical (unpaired) electrons. The summed E-state index contributed by atoms with van der Waals surface area (Å²) in [5.41, 5.74) is 3.65. The van der Waals surface area contributed by atoms with Crippen LogP contribution in [0.25, 0.3) is 11.4 Å². The molecule has 32 heavy (non-hydrogen) atoms. The Labute approximate surface area is 189 Å². The quantitative estimate of drug-likeness (QED) is 0.468. The monoisotopic (exact) mass is 442 g/mol. The van der Waals surface area contributed by atoms with E-state index in [4.69, 9.17) is 16.7 Å². The van der Waals surface area contributed by atoms with Crippen LogP contribution in [0.4, 0.5) is 11.6 Å². The van der Waals surface area contributed by atoms with Crippen molar-refractivity contribution in [2.24, 2.45) is 0 Å². The second-order valence-corrected chi connectivity index (χ2v) is 7.82. The van der Waals surface area contributed by atoms with Crippen molar-refractivity contribution in [3.8, 4) is 11.4 Å². The molecule has 0 bridgehead atoms. The van der Waals surface area contributed by atoms with E-state index in [1.807, 2.05) is 67.6 Å². The lowest BCUT2D eigenvalue weighted by Gasteiger charge is -2.28. The average molecular weight is 443 g/mol. The highest BCUT2D eigenvalue weighted by atomic mass is 35.5. The number of carbonyl (C=O) groups is 1. The third-order valence-electron chi connectivity index (χ3n) is 5.23. The Balaban J connectivity index is 1.60. The number of nitrogens with zero attached hydrogens (tertiary/aromatic N) is 4. The van der Waals surface area contributed by atoms with Gasteiger partial charge >= 0.3 is 0 Å². The number of pyridine rings is 1. The van der Waals surface area contributed by atoms with Crippen LogP contribution in [0.15, 0.2) is 90.4 Å². The van der Waals surface area contributed by atoms with E-state index in [0.29, 0.717) is 28.1 Å². The fraction of sp³-hybridized carbons (Fsp3) is 0.0833. The van der Waals surface area contributed by atoms with Crippen molar-refractivity contribution in [3.05, 3.63) is 101 Å². The number of benzene rings is 2. The van der Waals surface area contributed by atoms with Crippen molar-refractivity contribution in [3.63, 3.8) is 0 Å². The molecule has 1 atom stereocenters. The standard InChI is InChI=1S/C24H19ClN6O/c1-15-20(23(32)28-19-8-3-2-4-9-19)21(16-10-12-26-13-11-16)31-24(27-15)29-22(30-31)17-6-5-7-18(25)14-17/h2-14,21H,1H3,(H,28,32)(H,27,29,30). The Bertz CT molecular complexity index is 1320. The Morgan fingerprint density at radius 3 is 2.59 bits per heavy atom. The van der Waals surface area contributed by atoms with Crippen LogP contribution < -0.4 is 10.6 Å². The van der Waals surface area contributed by atoms with E-state index in [9.17, 15) is 4.79 Å². The Kier molecular flexibility index (Phi) is 5.17. The third kappa shape index (κ3) is 3.74. The minimum absolute atomic E-state index is 0.214. The van der Waals surface area contributed by atoms with E-state index >= 15 is 0 Å². The predicted octanol–water partition coefficient (Wildman–Crippen LogP) is 4.92. The molecule has 0 fully saturated rings. The molecule has 1 unspecified atom stereocenters. The number of fused-ring (bicyclic) bond motifs is 1. The number of amides is 1. The van der Waals surface area contributed by atoms with Crippen molar-refractivity contribution >= 4 is 29.1 Å². The fourth-order valence-corrected chi connectivity index (χ4v) is 3.96. The van der Waals surface area contributed by atoms with Gasteiger partial charge in [0.15, 0.2) is 5.82 Å². The zero-order chi connectivity index (χ0) is 22.1. The Morgan fingerprint density at radius 2 is 1.84 bits per heavy atom. The van der Waals surface area contributed by atoms with Crippen LogP contribution in [0.2, 0.25) is 5.02 Å². The summed E-state index contributed by atoms with van der Waals surface area (Å²) < 4.78 is 1.73. The SMILES string of the molecule is CC1=C(C(=O)Nc2ccccc2)C(c2ccncc2)n2nc(-c3cccc(Cl)c3)nc2N1. The van der Waals surface area contributed by atoms with Crippen molar-refractivity contribution in [1.29, 1.82) is 0 Å². The van der Waals surface area contributed by atoms with Crippen LogP contribution in [0.5, 0.6) is 0 Å². The molecule has 1 amide bonds. The Morgan fingerprint density at radius 1 is 1.06 bits per heavy atom. The summed E-state index contributed by atoms with van der Waals surface area (Å²) in [5, 5.41) is 11.6. The van der Waals surface area contributed by atoms with Gasteiger partial charge in [-0.05, 0) is 48.9 Å². The predicted molar refractivity (Wildman–Crippen MR) is 124 cm³/mol. The highest BCUT2D eigenvalue weighted by molar-refractivity contribution is 6.30. The van der Waals surface area contributed by atoms with Crippen LogP contribution >= 0.6 is 11.6 Å². The van der Waals surface area contributed by atoms with Crippen molar-refractivity contribution < 1.29 is 4.79 Å². The summed E-state index contributed by atoms with van der Waals surface area (Å²) in [5.74, 6) is 0.857. The number of halogens is 1. The number of nitrogens with one attached hydrogen (secondary N) is 2. The molecule has 158 valence electrons. The first kappa shape index (κ1) is 20.0. The second-order valence-electron chi connectivity index (χ2n) is 7.38. The van der Waals surface area contributed by atoms with E-state index in [1.54, 1.807) is 23.1 Å². The zero-order valence-electron chi connectivity index (χ0n) is 17.2. The first-order valence-electron chi connectivity index (χ1n) is 10.1. The van der Waals surface area contributed by atoms with Gasteiger partial charge in [0.1, 0.15) is 6.04 Å². The molecule has 1 aliphatic heterocycles. The first-order chi connectivity index (χ1) is 15.6. The summed E-state index contributed by atoms with van der Waals surface area (Å²) in [6.07, 6.45) is 3.40. The van der Waals surface area contributed by atoms with Crippen LogP contribution in [0, 0.1) is 0 Å². The van der Waals surface area contributed by atoms with Crippen molar-refractivity contribution in [2.45, 2.75) is 13.0 Å². The van der Waals surface area contributed by atoms with Gasteiger partial charge in [-0.3, -0.25) is 9.78 Å². The topological polar surface area (TPSA) is 84.7 Å². The van der Waals surface area contributed by atoms with Gasteiger partial charge in [0.25, 0.3) is 5.91 Å². The molecule has 4 aromatic rings. The van der Waals surface area contributed by atoms with Crippen LogP contribution in [-0.4, -0.2) is 25.7 Å². The molecule has 1 aliphatic rings. The first-order valence-corrected chi connectivity index (χ1v) is 10.4. The highest BCUT2D eigenvalue weighted by Crippen LogP contribution is 2.36. The molecule has 2 aromatic heterocycles. The van der Waals surface area contributed by atoms with Gasteiger partial charge in [-0.25, -0.2) is 4.68 Å². The lowest BCUT2D eigenvalue weighted by Crippen LogP contribution is -2.31. The van der Waals surface area contributed by atoms with E-state index in [2.05, 4.69) is 20.6 Å². The number of carbonyl (C=O) groups excluding carboxylic acids is 1. The summed E-state index contributed by atoms with van der Waals surface area (Å²) >= 11 is 6.16. The van der Waals surface area contributed by atoms with Crippen LogP contribution in [0.3, 0.4) is 0 Å². The minimum atomic E-state index is -0.474. The van der Waals surface area contributed by atoms with Gasteiger partial charge < -0.3 is 10.6 Å². The molecule has 8 heteroatoms. The summed E-state index contributed by atoms with van der Waals surface area (Å²) in [7, 11) is 0. The van der Waals surface area contributed by atoms with E-state index in [0.717, 1.165) is 16.8 Å². The smallest absolute Gasteiger partial charge is 0.255 e. The summed E-state index contributed by atoms with van der Waals surface area (Å²) in [4.78, 5) is 22.2. The molecular weight excluding hydrogens is 424 g/mol. The maximum Gasteiger partial charge on any atom is 0.255 e. The number of para-hydroxylation sites is 1. The Hall–Kier alpha value is -3.97. The average Bonchev–Trinajstić information content (AvgIpc) is 3.23. The molecule has 5 rings (SSSR count). The number of rotatable bonds is 4. The molecule has 0 spiro atoms. The van der Waals surface area contributed by atoms with Crippen molar-refractivity contribution in [2.75, 3.05) is 10.6 Å². The number of allylic oxidation sites excluding steroid dienone is 1. The number of hydrogen-bond acceptors (Lipinski definition) is 5. The molecular formula is C24H19ClN6O. The molecule has 0 aliphatic carbocycles. The number of aromatic nitrogens is 4. The second kappa shape index (κ2) is 8.28. The maximum atomic E-state index is 13.4. The number of anilines is 2. The molecule has 7 nitrogen and oxygen atoms in total. The maximum absolute atomic E-state index is 13.4. The lowest BCUT2D eigenvalue weighted by molar-refractivity contribution is -0.113. The van der Waals surface area contributed by atoms with Crippen LogP contribution in [0.1, 0.15) is 18.5 Å². The summed E-state index contributed by atoms with van der Waals surface area (Å²) in [6, 6.07) is 20.0. The van der Waals surface area contributed by atoms with Gasteiger partial charge in [-0.1, -0.05) is 41.9 Å². The largest absolute Gasteiger partial charge is 0.328 e. The van der Waals surface area contributed by atoms with Gasteiger partial charge in [0.2, 0.25) is 5.95 Å². The van der Waals surface area contributed by atoms with Gasteiger partial charge in [-0.2, -0.15) is 4.98 Å². The number of hydrogen-bond donors (Lipinski definition) is 2. The molecule has 2 aromatic carbocycles. The highest BCUT2D eigenvalue weighted by Gasteiger charge is 2.34. The van der Waals surface area contributed by atoms with E-state index in [1.165, 1.54) is 0 Å². The van der Waals surface area contributed by atoms with Gasteiger partial charge in [-0.15, -0.1) is 5.10 Å². The molecule has 2 N–H and O–H groups in total. The van der Waals surface area contributed by atoms with E-state index < -0.39 is 6.04 Å². The molecule has 0 saturated carbocycles. The lowest BCUT2D eigenvalue weighted by atomic mass is 9.96. The summed E-state index contributed by atoms with van der Waals surface area (Å²) in [6.45, 7) is 1.87. The van der Waals surface area contributed by atoms with Gasteiger partial charge in [0.05, 0.1) is 5.57 Å². The molecule has 0 saturated heterocycles.